The molecule has 1 aliphatic carbocycles. The number of hydrogen-bond acceptors (Lipinski definition) is 5. The molecule has 2 heterocycles. The van der Waals surface area contributed by atoms with Gasteiger partial charge in [0.2, 0.25) is 0 Å². The SMILES string of the molecule is Cc1ncn(-c2ccc(-c3c(C(F)(F)F)cc(F)c4c3CC[C@H]4Oc3ccc4c(c3)OC[C@H]4CC(=O)O)cc2)n1. The van der Waals surface area contributed by atoms with Gasteiger partial charge in [0.05, 0.1) is 24.3 Å². The summed E-state index contributed by atoms with van der Waals surface area (Å²) in [4.78, 5) is 15.2. The summed E-state index contributed by atoms with van der Waals surface area (Å²) in [6.45, 7) is 1.96. The smallest absolute Gasteiger partial charge is 0.417 e. The van der Waals surface area contributed by atoms with Crippen molar-refractivity contribution >= 4 is 5.97 Å². The molecule has 1 aromatic heterocycles. The van der Waals surface area contributed by atoms with Crippen LogP contribution in [0.3, 0.4) is 0 Å². The van der Waals surface area contributed by atoms with E-state index in [1.54, 1.807) is 49.4 Å². The molecule has 0 spiro atoms. The molecule has 1 N–H and O–H groups in total. The van der Waals surface area contributed by atoms with E-state index < -0.39 is 29.6 Å². The molecule has 2 aliphatic rings. The Balaban J connectivity index is 1.35. The van der Waals surface area contributed by atoms with Gasteiger partial charge in [-0.05, 0) is 60.7 Å². The molecular weight excluding hydrogens is 530 g/mol. The standard InChI is InChI=1S/C29H23F4N3O4/c1-15-34-14-36(35-15)18-4-2-16(3-5-18)27-21-8-9-24(28(21)23(30)12-22(27)29(31,32)33)40-19-6-7-20-17(10-26(37)38)13-39-25(20)11-19/h2-7,11-12,14,17,24H,8-10,13H2,1H3,(H,37,38)/t17-,24-/m1/s1. The van der Waals surface area contributed by atoms with E-state index in [0.29, 0.717) is 34.6 Å². The lowest BCUT2D eigenvalue weighted by atomic mass is 9.90. The number of carboxylic acids is 1. The van der Waals surface area contributed by atoms with Crippen molar-refractivity contribution in [1.29, 1.82) is 0 Å². The van der Waals surface area contributed by atoms with E-state index in [2.05, 4.69) is 10.1 Å². The highest BCUT2D eigenvalue weighted by Gasteiger charge is 2.40. The topological polar surface area (TPSA) is 86.5 Å². The van der Waals surface area contributed by atoms with Gasteiger partial charge in [0, 0.05) is 23.1 Å². The Hall–Kier alpha value is -4.41. The minimum Gasteiger partial charge on any atom is -0.492 e. The van der Waals surface area contributed by atoms with Crippen molar-refractivity contribution in [2.75, 3.05) is 6.61 Å². The Morgan fingerprint density at radius 3 is 2.62 bits per heavy atom. The van der Waals surface area contributed by atoms with Crippen LogP contribution < -0.4 is 9.47 Å². The number of fused-ring (bicyclic) bond motifs is 2. The van der Waals surface area contributed by atoms with Gasteiger partial charge in [-0.3, -0.25) is 4.79 Å². The quantitative estimate of drug-likeness (QED) is 0.278. The van der Waals surface area contributed by atoms with Gasteiger partial charge in [0.25, 0.3) is 0 Å². The second-order valence-electron chi connectivity index (χ2n) is 9.90. The van der Waals surface area contributed by atoms with E-state index in [1.807, 2.05) is 0 Å². The minimum atomic E-state index is -4.77. The number of aliphatic carboxylic acids is 1. The lowest BCUT2D eigenvalue weighted by Gasteiger charge is -2.21. The Kier molecular flexibility index (Phi) is 6.24. The summed E-state index contributed by atoms with van der Waals surface area (Å²) >= 11 is 0. The van der Waals surface area contributed by atoms with E-state index in [1.165, 1.54) is 11.0 Å². The maximum absolute atomic E-state index is 15.3. The fourth-order valence-corrected chi connectivity index (χ4v) is 5.54. The van der Waals surface area contributed by atoms with Crippen LogP contribution >= 0.6 is 0 Å². The number of hydrogen-bond donors (Lipinski definition) is 1. The molecule has 206 valence electrons. The molecule has 0 amide bonds. The molecule has 7 nitrogen and oxygen atoms in total. The van der Waals surface area contributed by atoms with Gasteiger partial charge in [0.1, 0.15) is 35.6 Å². The lowest BCUT2D eigenvalue weighted by molar-refractivity contribution is -0.138. The molecule has 40 heavy (non-hydrogen) atoms. The van der Waals surface area contributed by atoms with E-state index >= 15 is 4.39 Å². The van der Waals surface area contributed by atoms with E-state index in [-0.39, 0.29) is 48.5 Å². The van der Waals surface area contributed by atoms with Crippen molar-refractivity contribution in [2.24, 2.45) is 0 Å². The first kappa shape index (κ1) is 25.8. The molecule has 0 fully saturated rings. The molecule has 6 rings (SSSR count). The molecular formula is C29H23F4N3O4. The van der Waals surface area contributed by atoms with Gasteiger partial charge in [-0.1, -0.05) is 18.2 Å². The van der Waals surface area contributed by atoms with Crippen molar-refractivity contribution in [1.82, 2.24) is 14.8 Å². The zero-order chi connectivity index (χ0) is 28.2. The molecule has 3 aromatic carbocycles. The Bertz CT molecular complexity index is 1620. The van der Waals surface area contributed by atoms with Crippen LogP contribution in [0.1, 0.15) is 52.9 Å². The summed E-state index contributed by atoms with van der Waals surface area (Å²) in [6.07, 6.45) is -3.64. The normalized spacial score (nSPS) is 17.8. The van der Waals surface area contributed by atoms with Crippen molar-refractivity contribution in [3.63, 3.8) is 0 Å². The van der Waals surface area contributed by atoms with Crippen LogP contribution in [0.5, 0.6) is 11.5 Å². The molecule has 4 aromatic rings. The number of aryl methyl sites for hydroxylation is 1. The highest BCUT2D eigenvalue weighted by Crippen LogP contribution is 2.48. The number of rotatable bonds is 6. The summed E-state index contributed by atoms with van der Waals surface area (Å²) in [5, 5.41) is 13.3. The maximum atomic E-state index is 15.3. The van der Waals surface area contributed by atoms with Gasteiger partial charge in [-0.2, -0.15) is 18.3 Å². The second kappa shape index (κ2) is 9.65. The summed E-state index contributed by atoms with van der Waals surface area (Å²) in [5.41, 5.74) is 0.941. The van der Waals surface area contributed by atoms with Crippen LogP contribution in [0.15, 0.2) is 54.9 Å². The van der Waals surface area contributed by atoms with Gasteiger partial charge >= 0.3 is 12.1 Å². The van der Waals surface area contributed by atoms with Crippen LogP contribution in [0, 0.1) is 12.7 Å². The average Bonchev–Trinajstić information content (AvgIpc) is 3.63. The van der Waals surface area contributed by atoms with Crippen LogP contribution in [0.2, 0.25) is 0 Å². The number of alkyl halides is 3. The first-order chi connectivity index (χ1) is 19.1. The van der Waals surface area contributed by atoms with Gasteiger partial charge in [-0.15, -0.1) is 0 Å². The minimum absolute atomic E-state index is 0.0647. The summed E-state index contributed by atoms with van der Waals surface area (Å²) < 4.78 is 71.0. The number of carbonyl (C=O) groups is 1. The third-order valence-electron chi connectivity index (χ3n) is 7.30. The average molecular weight is 554 g/mol. The first-order valence-electron chi connectivity index (χ1n) is 12.6. The zero-order valence-corrected chi connectivity index (χ0v) is 21.2. The molecule has 2 atom stereocenters. The fraction of sp³-hybridized carbons (Fsp3) is 0.276. The zero-order valence-electron chi connectivity index (χ0n) is 21.2. The van der Waals surface area contributed by atoms with Crippen molar-refractivity contribution in [3.05, 3.63) is 88.8 Å². The number of nitrogens with zero attached hydrogens (tertiary/aromatic N) is 3. The third kappa shape index (κ3) is 4.65. The molecule has 0 bridgehead atoms. The number of halogens is 4. The van der Waals surface area contributed by atoms with Crippen molar-refractivity contribution in [2.45, 2.75) is 44.4 Å². The molecule has 0 unspecified atom stereocenters. The molecule has 0 radical (unpaired) electrons. The van der Waals surface area contributed by atoms with E-state index in [9.17, 15) is 18.0 Å². The summed E-state index contributed by atoms with van der Waals surface area (Å²) in [5.74, 6) is -0.784. The largest absolute Gasteiger partial charge is 0.492 e. The molecule has 1 aliphatic heterocycles. The second-order valence-corrected chi connectivity index (χ2v) is 9.90. The predicted octanol–water partition coefficient (Wildman–Crippen LogP) is 6.42. The van der Waals surface area contributed by atoms with Crippen LogP contribution in [0.25, 0.3) is 16.8 Å². The van der Waals surface area contributed by atoms with Gasteiger partial charge < -0.3 is 14.6 Å². The number of ether oxygens (including phenoxy) is 2. The van der Waals surface area contributed by atoms with Gasteiger partial charge in [0.15, 0.2) is 0 Å². The van der Waals surface area contributed by atoms with E-state index in [4.69, 9.17) is 14.6 Å². The van der Waals surface area contributed by atoms with E-state index in [0.717, 1.165) is 5.56 Å². The van der Waals surface area contributed by atoms with Crippen molar-refractivity contribution in [3.8, 4) is 28.3 Å². The van der Waals surface area contributed by atoms with Crippen LogP contribution in [-0.4, -0.2) is 32.4 Å². The summed E-state index contributed by atoms with van der Waals surface area (Å²) in [6, 6.07) is 11.9. The number of carboxylic acid groups (broad SMARTS) is 1. The number of benzene rings is 3. The fourth-order valence-electron chi connectivity index (χ4n) is 5.54. The highest BCUT2D eigenvalue weighted by atomic mass is 19.4. The highest BCUT2D eigenvalue weighted by molar-refractivity contribution is 5.75. The molecule has 0 saturated heterocycles. The Morgan fingerprint density at radius 1 is 1.18 bits per heavy atom. The molecule has 0 saturated carbocycles. The first-order valence-corrected chi connectivity index (χ1v) is 12.6. The van der Waals surface area contributed by atoms with Crippen LogP contribution in [0.4, 0.5) is 17.6 Å². The maximum Gasteiger partial charge on any atom is 0.417 e. The van der Waals surface area contributed by atoms with Gasteiger partial charge in [-0.25, -0.2) is 14.1 Å². The Labute approximate surface area is 226 Å². The van der Waals surface area contributed by atoms with Crippen LogP contribution in [-0.2, 0) is 17.4 Å². The number of aromatic nitrogens is 3. The molecule has 11 heteroatoms. The predicted molar refractivity (Wildman–Crippen MR) is 135 cm³/mol. The van der Waals surface area contributed by atoms with Crippen molar-refractivity contribution < 1.29 is 36.9 Å². The third-order valence-corrected chi connectivity index (χ3v) is 7.30. The Morgan fingerprint density at radius 2 is 1.95 bits per heavy atom. The lowest BCUT2D eigenvalue weighted by Crippen LogP contribution is -2.13. The monoisotopic (exact) mass is 553 g/mol. The summed E-state index contributed by atoms with van der Waals surface area (Å²) in [7, 11) is 0.